The maximum Gasteiger partial charge on any atom is 0.322 e. The molecule has 1 aromatic carbocycles. The van der Waals surface area contributed by atoms with Gasteiger partial charge in [0.25, 0.3) is 0 Å². The number of nitrogens with two attached hydrogens (primary N) is 1. The van der Waals surface area contributed by atoms with Gasteiger partial charge in [-0.1, -0.05) is 18.2 Å². The average molecular weight is 253 g/mol. The van der Waals surface area contributed by atoms with Crippen LogP contribution in [0.5, 0.6) is 5.75 Å². The lowest BCUT2D eigenvalue weighted by molar-refractivity contribution is -0.142. The SMILES string of the molecule is COC(=O)C(N)CCOc1ccccc1CCO. The summed E-state index contributed by atoms with van der Waals surface area (Å²) in [6.45, 7) is 0.404. The Hall–Kier alpha value is -1.59. The topological polar surface area (TPSA) is 81.8 Å². The van der Waals surface area contributed by atoms with E-state index in [4.69, 9.17) is 15.6 Å². The Bertz CT molecular complexity index is 381. The number of rotatable bonds is 7. The van der Waals surface area contributed by atoms with Crippen molar-refractivity contribution in [1.82, 2.24) is 0 Å². The summed E-state index contributed by atoms with van der Waals surface area (Å²) in [6.07, 6.45) is 0.930. The van der Waals surface area contributed by atoms with Gasteiger partial charge in [0.2, 0.25) is 0 Å². The van der Waals surface area contributed by atoms with E-state index in [1.165, 1.54) is 7.11 Å². The van der Waals surface area contributed by atoms with Crippen molar-refractivity contribution in [3.8, 4) is 5.75 Å². The number of para-hydroxylation sites is 1. The van der Waals surface area contributed by atoms with Crippen molar-refractivity contribution in [1.29, 1.82) is 0 Å². The number of aliphatic hydroxyl groups excluding tert-OH is 1. The van der Waals surface area contributed by atoms with E-state index >= 15 is 0 Å². The molecular formula is C13H19NO4. The zero-order chi connectivity index (χ0) is 13.4. The Morgan fingerprint density at radius 3 is 2.83 bits per heavy atom. The van der Waals surface area contributed by atoms with Gasteiger partial charge in [0, 0.05) is 13.0 Å². The van der Waals surface area contributed by atoms with Crippen molar-refractivity contribution in [2.24, 2.45) is 5.73 Å². The highest BCUT2D eigenvalue weighted by Gasteiger charge is 2.13. The Kier molecular flexibility index (Phi) is 6.18. The molecule has 0 spiro atoms. The lowest BCUT2D eigenvalue weighted by atomic mass is 10.1. The number of carbonyl (C=O) groups is 1. The molecule has 0 saturated carbocycles. The van der Waals surface area contributed by atoms with Gasteiger partial charge in [-0.15, -0.1) is 0 Å². The van der Waals surface area contributed by atoms with E-state index in [2.05, 4.69) is 4.74 Å². The Morgan fingerprint density at radius 2 is 2.17 bits per heavy atom. The van der Waals surface area contributed by atoms with Crippen LogP contribution in [0.1, 0.15) is 12.0 Å². The van der Waals surface area contributed by atoms with Crippen molar-refractivity contribution in [2.75, 3.05) is 20.3 Å². The van der Waals surface area contributed by atoms with Crippen LogP contribution >= 0.6 is 0 Å². The van der Waals surface area contributed by atoms with Gasteiger partial charge in [-0.25, -0.2) is 0 Å². The van der Waals surface area contributed by atoms with Crippen LogP contribution in [0.25, 0.3) is 0 Å². The number of hydrogen-bond acceptors (Lipinski definition) is 5. The van der Waals surface area contributed by atoms with Gasteiger partial charge in [-0.2, -0.15) is 0 Å². The van der Waals surface area contributed by atoms with Crippen LogP contribution < -0.4 is 10.5 Å². The zero-order valence-electron chi connectivity index (χ0n) is 10.5. The van der Waals surface area contributed by atoms with E-state index in [1.54, 1.807) is 0 Å². The number of methoxy groups -OCH3 is 1. The van der Waals surface area contributed by atoms with Crippen LogP contribution in [-0.2, 0) is 16.0 Å². The molecule has 0 radical (unpaired) electrons. The predicted molar refractivity (Wildman–Crippen MR) is 67.3 cm³/mol. The van der Waals surface area contributed by atoms with Crippen LogP contribution in [-0.4, -0.2) is 37.4 Å². The molecule has 5 heteroatoms. The normalized spacial score (nSPS) is 11.9. The summed E-state index contributed by atoms with van der Waals surface area (Å²) in [6, 6.07) is 6.80. The van der Waals surface area contributed by atoms with Gasteiger partial charge >= 0.3 is 5.97 Å². The molecule has 18 heavy (non-hydrogen) atoms. The summed E-state index contributed by atoms with van der Waals surface area (Å²) in [5, 5.41) is 8.93. The second-order valence-corrected chi connectivity index (χ2v) is 3.85. The number of ether oxygens (including phenoxy) is 2. The van der Waals surface area contributed by atoms with Crippen molar-refractivity contribution in [3.05, 3.63) is 29.8 Å². The number of hydrogen-bond donors (Lipinski definition) is 2. The van der Waals surface area contributed by atoms with E-state index in [0.29, 0.717) is 25.2 Å². The maximum atomic E-state index is 11.1. The smallest absolute Gasteiger partial charge is 0.322 e. The van der Waals surface area contributed by atoms with E-state index in [-0.39, 0.29) is 6.61 Å². The molecule has 0 fully saturated rings. The number of carbonyl (C=O) groups excluding carboxylic acids is 1. The second kappa shape index (κ2) is 7.68. The van der Waals surface area contributed by atoms with Crippen molar-refractivity contribution < 1.29 is 19.4 Å². The number of benzene rings is 1. The van der Waals surface area contributed by atoms with Crippen LogP contribution in [0.15, 0.2) is 24.3 Å². The third-order valence-electron chi connectivity index (χ3n) is 2.54. The molecule has 0 aliphatic rings. The van der Waals surface area contributed by atoms with Gasteiger partial charge in [-0.05, 0) is 18.1 Å². The summed E-state index contributed by atoms with van der Waals surface area (Å²) >= 11 is 0. The molecule has 3 N–H and O–H groups in total. The Labute approximate surface area is 107 Å². The Balaban J connectivity index is 2.46. The van der Waals surface area contributed by atoms with Crippen LogP contribution in [0.2, 0.25) is 0 Å². The first-order chi connectivity index (χ1) is 8.69. The first kappa shape index (κ1) is 14.5. The highest BCUT2D eigenvalue weighted by atomic mass is 16.5. The maximum absolute atomic E-state index is 11.1. The highest BCUT2D eigenvalue weighted by molar-refractivity contribution is 5.75. The fourth-order valence-corrected chi connectivity index (χ4v) is 1.54. The van der Waals surface area contributed by atoms with Crippen LogP contribution in [0, 0.1) is 0 Å². The van der Waals surface area contributed by atoms with E-state index in [1.807, 2.05) is 24.3 Å². The Morgan fingerprint density at radius 1 is 1.44 bits per heavy atom. The minimum Gasteiger partial charge on any atom is -0.493 e. The summed E-state index contributed by atoms with van der Waals surface area (Å²) in [5.74, 6) is 0.269. The van der Waals surface area contributed by atoms with Gasteiger partial charge in [-0.3, -0.25) is 4.79 Å². The van der Waals surface area contributed by atoms with Crippen LogP contribution in [0.3, 0.4) is 0 Å². The minimum absolute atomic E-state index is 0.0715. The molecule has 0 saturated heterocycles. The first-order valence-electron chi connectivity index (χ1n) is 5.84. The molecule has 0 heterocycles. The monoisotopic (exact) mass is 253 g/mol. The molecule has 1 unspecified atom stereocenters. The summed E-state index contributed by atoms with van der Waals surface area (Å²) in [5.41, 5.74) is 6.53. The van der Waals surface area contributed by atoms with Crippen molar-refractivity contribution in [2.45, 2.75) is 18.9 Å². The predicted octanol–water partition coefficient (Wildman–Crippen LogP) is 0.491. The molecule has 5 nitrogen and oxygen atoms in total. The molecule has 0 aliphatic heterocycles. The molecule has 0 aromatic heterocycles. The van der Waals surface area contributed by atoms with Crippen LogP contribution in [0.4, 0.5) is 0 Å². The summed E-state index contributed by atoms with van der Waals surface area (Å²) < 4.78 is 10.1. The average Bonchev–Trinajstić information content (AvgIpc) is 2.40. The number of esters is 1. The third kappa shape index (κ3) is 4.35. The van der Waals surface area contributed by atoms with Gasteiger partial charge in [0.1, 0.15) is 11.8 Å². The van der Waals surface area contributed by atoms with E-state index in [9.17, 15) is 4.79 Å². The second-order valence-electron chi connectivity index (χ2n) is 3.85. The van der Waals surface area contributed by atoms with Gasteiger partial charge in [0.05, 0.1) is 13.7 Å². The minimum atomic E-state index is -0.667. The molecule has 100 valence electrons. The largest absolute Gasteiger partial charge is 0.493 e. The van der Waals surface area contributed by atoms with Gasteiger partial charge < -0.3 is 20.3 Å². The molecular weight excluding hydrogens is 234 g/mol. The summed E-state index contributed by atoms with van der Waals surface area (Å²) in [4.78, 5) is 11.1. The first-order valence-corrected chi connectivity index (χ1v) is 5.84. The van der Waals surface area contributed by atoms with E-state index in [0.717, 1.165) is 5.56 Å². The standard InChI is InChI=1S/C13H19NO4/c1-17-13(16)11(14)7-9-18-12-5-3-2-4-10(12)6-8-15/h2-5,11,15H,6-9,14H2,1H3. The molecule has 0 bridgehead atoms. The van der Waals surface area contributed by atoms with E-state index < -0.39 is 12.0 Å². The number of aliphatic hydroxyl groups is 1. The summed E-state index contributed by atoms with van der Waals surface area (Å²) in [7, 11) is 1.31. The highest BCUT2D eigenvalue weighted by Crippen LogP contribution is 2.18. The van der Waals surface area contributed by atoms with Crippen molar-refractivity contribution >= 4 is 5.97 Å². The molecule has 0 aliphatic carbocycles. The molecule has 0 amide bonds. The molecule has 1 aromatic rings. The third-order valence-corrected chi connectivity index (χ3v) is 2.54. The molecule has 1 rings (SSSR count). The zero-order valence-corrected chi connectivity index (χ0v) is 10.5. The fourth-order valence-electron chi connectivity index (χ4n) is 1.54. The molecule has 1 atom stereocenters. The fraction of sp³-hybridized carbons (Fsp3) is 0.462. The quantitative estimate of drug-likeness (QED) is 0.691. The lowest BCUT2D eigenvalue weighted by Gasteiger charge is -2.12. The van der Waals surface area contributed by atoms with Crippen molar-refractivity contribution in [3.63, 3.8) is 0 Å². The lowest BCUT2D eigenvalue weighted by Crippen LogP contribution is -2.33. The van der Waals surface area contributed by atoms with Gasteiger partial charge in [0.15, 0.2) is 0 Å².